The number of nitrogens with zero attached hydrogens (tertiary/aromatic N) is 1. The number of hydrogen-bond acceptors (Lipinski definition) is 5. The van der Waals surface area contributed by atoms with E-state index < -0.39 is 24.2 Å². The normalized spacial score (nSPS) is 12.9. The molecule has 1 aliphatic rings. The van der Waals surface area contributed by atoms with Crippen LogP contribution >= 0.6 is 0 Å². The molecular formula is C27H32N2O6. The van der Waals surface area contributed by atoms with Gasteiger partial charge in [0.1, 0.15) is 19.3 Å². The second-order valence-corrected chi connectivity index (χ2v) is 8.69. The van der Waals surface area contributed by atoms with Crippen LogP contribution in [0.1, 0.15) is 37.3 Å². The van der Waals surface area contributed by atoms with Crippen LogP contribution in [0.25, 0.3) is 11.1 Å². The number of benzene rings is 2. The van der Waals surface area contributed by atoms with Gasteiger partial charge in [0.05, 0.1) is 0 Å². The Morgan fingerprint density at radius 3 is 2.20 bits per heavy atom. The summed E-state index contributed by atoms with van der Waals surface area (Å²) in [6.07, 6.45) is 0.501. The maximum Gasteiger partial charge on any atom is 0.410 e. The van der Waals surface area contributed by atoms with Gasteiger partial charge in [-0.2, -0.15) is 0 Å². The minimum absolute atomic E-state index is 0.0894. The molecule has 0 saturated heterocycles. The lowest BCUT2D eigenvalue weighted by Gasteiger charge is -2.31. The fourth-order valence-electron chi connectivity index (χ4n) is 4.42. The smallest absolute Gasteiger partial charge is 0.410 e. The summed E-state index contributed by atoms with van der Waals surface area (Å²) in [7, 11) is 0. The summed E-state index contributed by atoms with van der Waals surface area (Å²) in [6, 6.07) is 15.0. The lowest BCUT2D eigenvalue weighted by molar-refractivity contribution is -0.144. The van der Waals surface area contributed by atoms with E-state index in [4.69, 9.17) is 9.47 Å². The monoisotopic (exact) mass is 480 g/mol. The predicted molar refractivity (Wildman–Crippen MR) is 132 cm³/mol. The minimum atomic E-state index is -1.10. The quantitative estimate of drug-likeness (QED) is 0.358. The van der Waals surface area contributed by atoms with Crippen LogP contribution < -0.4 is 5.32 Å². The number of hydrogen-bond donors (Lipinski definition) is 2. The van der Waals surface area contributed by atoms with Gasteiger partial charge >= 0.3 is 18.2 Å². The average Bonchev–Trinajstić information content (AvgIpc) is 3.16. The van der Waals surface area contributed by atoms with Crippen LogP contribution in [0.5, 0.6) is 0 Å². The van der Waals surface area contributed by atoms with Crippen molar-refractivity contribution in [3.63, 3.8) is 0 Å². The van der Waals surface area contributed by atoms with Gasteiger partial charge < -0.3 is 19.9 Å². The molecule has 2 N–H and O–H groups in total. The number of carbonyl (C=O) groups is 3. The van der Waals surface area contributed by atoms with Crippen LogP contribution in [0.15, 0.2) is 61.2 Å². The van der Waals surface area contributed by atoms with Crippen molar-refractivity contribution in [2.75, 3.05) is 26.3 Å². The molecule has 186 valence electrons. The third-order valence-electron chi connectivity index (χ3n) is 5.97. The zero-order chi connectivity index (χ0) is 25.4. The van der Waals surface area contributed by atoms with Crippen LogP contribution in [-0.4, -0.2) is 60.5 Å². The Morgan fingerprint density at radius 1 is 1.06 bits per heavy atom. The Kier molecular flexibility index (Phi) is 8.89. The van der Waals surface area contributed by atoms with Gasteiger partial charge in [0.25, 0.3) is 0 Å². The molecule has 0 bridgehead atoms. The lowest BCUT2D eigenvalue weighted by atomic mass is 9.98. The molecule has 2 aromatic rings. The molecule has 0 heterocycles. The van der Waals surface area contributed by atoms with E-state index >= 15 is 0 Å². The number of amides is 2. The first-order valence-corrected chi connectivity index (χ1v) is 11.7. The molecule has 1 atom stereocenters. The van der Waals surface area contributed by atoms with Crippen LogP contribution in [0.4, 0.5) is 9.59 Å². The van der Waals surface area contributed by atoms with E-state index in [1.54, 1.807) is 13.8 Å². The van der Waals surface area contributed by atoms with Gasteiger partial charge in [-0.15, -0.1) is 0 Å². The summed E-state index contributed by atoms with van der Waals surface area (Å²) in [4.78, 5) is 38.0. The van der Waals surface area contributed by atoms with Crippen molar-refractivity contribution in [2.45, 2.75) is 32.2 Å². The highest BCUT2D eigenvalue weighted by Crippen LogP contribution is 2.44. The standard InChI is InChI=1S/C27H32N2O6/c1-4-16-34-26(32)28-14-9-15-29(24(18(2)3)25(30)31)27(33)35-17-23-21-12-7-5-10-19(21)20-11-6-8-13-22(20)23/h4-8,10-13,18,23-24H,1,9,14-17H2,2-3H3,(H,28,32)(H,30,31)/t24-/m0/s1. The van der Waals surface area contributed by atoms with Crippen LogP contribution in [-0.2, 0) is 14.3 Å². The van der Waals surface area contributed by atoms with Crippen molar-refractivity contribution >= 4 is 18.2 Å². The van der Waals surface area contributed by atoms with E-state index in [1.165, 1.54) is 11.0 Å². The third-order valence-corrected chi connectivity index (χ3v) is 5.97. The second kappa shape index (κ2) is 12.1. The molecule has 0 saturated carbocycles. The van der Waals surface area contributed by atoms with Gasteiger partial charge in [-0.05, 0) is 34.6 Å². The summed E-state index contributed by atoms with van der Waals surface area (Å²) in [5.74, 6) is -1.57. The summed E-state index contributed by atoms with van der Waals surface area (Å²) in [6.45, 7) is 7.47. The van der Waals surface area contributed by atoms with Crippen LogP contribution in [0.2, 0.25) is 0 Å². The van der Waals surface area contributed by atoms with E-state index in [0.717, 1.165) is 22.3 Å². The van der Waals surface area contributed by atoms with Crippen LogP contribution in [0, 0.1) is 5.92 Å². The Bertz CT molecular complexity index is 1020. The molecule has 3 rings (SSSR count). The predicted octanol–water partition coefficient (Wildman–Crippen LogP) is 4.65. The fraction of sp³-hybridized carbons (Fsp3) is 0.370. The zero-order valence-corrected chi connectivity index (χ0v) is 20.1. The van der Waals surface area contributed by atoms with E-state index in [0.29, 0.717) is 6.42 Å². The van der Waals surface area contributed by atoms with Gasteiger partial charge in [0.2, 0.25) is 0 Å². The van der Waals surface area contributed by atoms with Crippen LogP contribution in [0.3, 0.4) is 0 Å². The number of rotatable bonds is 11. The fourth-order valence-corrected chi connectivity index (χ4v) is 4.42. The highest BCUT2D eigenvalue weighted by atomic mass is 16.6. The summed E-state index contributed by atoms with van der Waals surface area (Å²) >= 11 is 0. The van der Waals surface area contributed by atoms with Crippen molar-refractivity contribution in [1.82, 2.24) is 10.2 Å². The number of aliphatic carboxylic acids is 1. The van der Waals surface area contributed by atoms with Gasteiger partial charge in [0.15, 0.2) is 0 Å². The van der Waals surface area contributed by atoms with Crippen molar-refractivity contribution in [1.29, 1.82) is 0 Å². The number of nitrogens with one attached hydrogen (secondary N) is 1. The Balaban J connectivity index is 1.69. The summed E-state index contributed by atoms with van der Waals surface area (Å²) in [5, 5.41) is 12.4. The average molecular weight is 481 g/mol. The molecular weight excluding hydrogens is 448 g/mol. The molecule has 1 aliphatic carbocycles. The maximum absolute atomic E-state index is 13.2. The molecule has 35 heavy (non-hydrogen) atoms. The number of carboxylic acids is 1. The SMILES string of the molecule is C=CCOC(=O)NCCCN(C(=O)OCC1c2ccccc2-c2ccccc21)[C@H](C(=O)O)C(C)C. The van der Waals surface area contributed by atoms with Gasteiger partial charge in [0, 0.05) is 19.0 Å². The topological polar surface area (TPSA) is 105 Å². The summed E-state index contributed by atoms with van der Waals surface area (Å²) in [5.41, 5.74) is 4.38. The lowest BCUT2D eigenvalue weighted by Crippen LogP contribution is -2.49. The second-order valence-electron chi connectivity index (χ2n) is 8.69. The molecule has 0 radical (unpaired) electrons. The molecule has 0 aliphatic heterocycles. The third kappa shape index (κ3) is 6.20. The van der Waals surface area contributed by atoms with E-state index in [-0.39, 0.29) is 38.1 Å². The summed E-state index contributed by atoms with van der Waals surface area (Å²) < 4.78 is 10.6. The van der Waals surface area contributed by atoms with Gasteiger partial charge in [-0.1, -0.05) is 75.0 Å². The minimum Gasteiger partial charge on any atom is -0.480 e. The molecule has 0 aromatic heterocycles. The highest BCUT2D eigenvalue weighted by Gasteiger charge is 2.35. The molecule has 2 amide bonds. The van der Waals surface area contributed by atoms with Crippen molar-refractivity contribution in [3.8, 4) is 11.1 Å². The molecule has 8 heteroatoms. The number of carboxylic acid groups (broad SMARTS) is 1. The Hall–Kier alpha value is -3.81. The molecule has 2 aromatic carbocycles. The maximum atomic E-state index is 13.2. The van der Waals surface area contributed by atoms with E-state index in [9.17, 15) is 19.5 Å². The van der Waals surface area contributed by atoms with Crippen molar-refractivity contribution in [2.24, 2.45) is 5.92 Å². The highest BCUT2D eigenvalue weighted by molar-refractivity contribution is 5.81. The number of ether oxygens (including phenoxy) is 2. The molecule has 8 nitrogen and oxygen atoms in total. The molecule has 0 fully saturated rings. The number of carbonyl (C=O) groups excluding carboxylic acids is 2. The van der Waals surface area contributed by atoms with E-state index in [1.807, 2.05) is 36.4 Å². The Labute approximate surface area is 205 Å². The van der Waals surface area contributed by atoms with Crippen molar-refractivity contribution in [3.05, 3.63) is 72.3 Å². The first-order valence-electron chi connectivity index (χ1n) is 11.7. The van der Waals surface area contributed by atoms with Crippen molar-refractivity contribution < 1.29 is 29.0 Å². The Morgan fingerprint density at radius 2 is 1.66 bits per heavy atom. The molecule has 0 unspecified atom stereocenters. The van der Waals surface area contributed by atoms with E-state index in [2.05, 4.69) is 24.0 Å². The van der Waals surface area contributed by atoms with Gasteiger partial charge in [-0.25, -0.2) is 14.4 Å². The number of alkyl carbamates (subject to hydrolysis) is 1. The first kappa shape index (κ1) is 25.8. The zero-order valence-electron chi connectivity index (χ0n) is 20.1. The largest absolute Gasteiger partial charge is 0.480 e. The number of fused-ring (bicyclic) bond motifs is 3. The van der Waals surface area contributed by atoms with Gasteiger partial charge in [-0.3, -0.25) is 4.90 Å². The molecule has 0 spiro atoms. The first-order chi connectivity index (χ1) is 16.8.